The fourth-order valence-electron chi connectivity index (χ4n) is 4.20. The average molecular weight is 447 g/mol. The van der Waals surface area contributed by atoms with Crippen molar-refractivity contribution in [3.8, 4) is 0 Å². The minimum Gasteiger partial charge on any atom is -0.468 e. The van der Waals surface area contributed by atoms with Gasteiger partial charge in [0.1, 0.15) is 6.33 Å². The fraction of sp³-hybridized carbons (Fsp3) is 0.409. The molecule has 0 saturated heterocycles. The van der Waals surface area contributed by atoms with Crippen LogP contribution in [0.2, 0.25) is 0 Å². The molecule has 3 rings (SSSR count). The van der Waals surface area contributed by atoms with Crippen molar-refractivity contribution in [1.82, 2.24) is 8.96 Å². The van der Waals surface area contributed by atoms with Gasteiger partial charge in [-0.2, -0.15) is 0 Å². The van der Waals surface area contributed by atoms with Gasteiger partial charge < -0.3 is 9.47 Å². The molecule has 0 saturated carbocycles. The van der Waals surface area contributed by atoms with Crippen molar-refractivity contribution in [2.75, 3.05) is 14.2 Å². The zero-order valence-electron chi connectivity index (χ0n) is 18.2. The van der Waals surface area contributed by atoms with Crippen LogP contribution in [0.15, 0.2) is 53.3 Å². The summed E-state index contributed by atoms with van der Waals surface area (Å²) in [6, 6.07) is 6.46. The largest absolute Gasteiger partial charge is 0.468 e. The average Bonchev–Trinajstić information content (AvgIpc) is 3.25. The van der Waals surface area contributed by atoms with Gasteiger partial charge >= 0.3 is 11.9 Å². The van der Waals surface area contributed by atoms with Crippen molar-refractivity contribution in [3.63, 3.8) is 0 Å². The number of benzene rings is 1. The van der Waals surface area contributed by atoms with E-state index in [1.807, 2.05) is 19.9 Å². The molecule has 31 heavy (non-hydrogen) atoms. The maximum atomic E-state index is 13.0. The van der Waals surface area contributed by atoms with E-state index in [4.69, 9.17) is 9.47 Å². The Bertz CT molecular complexity index is 1120. The first kappa shape index (κ1) is 22.7. The van der Waals surface area contributed by atoms with Crippen LogP contribution in [0, 0.1) is 18.3 Å². The third kappa shape index (κ3) is 3.56. The fourth-order valence-corrected chi connectivity index (χ4v) is 5.35. The number of aryl methyl sites for hydroxylation is 1. The number of imidazole rings is 1. The van der Waals surface area contributed by atoms with Crippen LogP contribution in [0.25, 0.3) is 0 Å². The molecule has 1 aliphatic rings. The number of allylic oxidation sites excluding steroid dienone is 2. The number of nitrogens with zero attached hydrogens (tertiary/aromatic N) is 2. The van der Waals surface area contributed by atoms with Crippen molar-refractivity contribution in [2.45, 2.75) is 38.0 Å². The van der Waals surface area contributed by atoms with Gasteiger partial charge in [0.25, 0.3) is 10.0 Å². The Balaban J connectivity index is 2.13. The second kappa shape index (κ2) is 8.30. The van der Waals surface area contributed by atoms with Gasteiger partial charge in [-0.05, 0) is 32.4 Å². The Kier molecular flexibility index (Phi) is 6.09. The molecule has 1 aromatic heterocycles. The summed E-state index contributed by atoms with van der Waals surface area (Å²) in [5.74, 6) is -2.74. The Morgan fingerprint density at radius 3 is 2.23 bits per heavy atom. The quantitative estimate of drug-likeness (QED) is 0.395. The molecule has 0 aliphatic heterocycles. The van der Waals surface area contributed by atoms with E-state index in [1.165, 1.54) is 38.9 Å². The van der Waals surface area contributed by atoms with Gasteiger partial charge in [0.15, 0.2) is 5.41 Å². The molecule has 0 spiro atoms. The molecule has 0 radical (unpaired) electrons. The number of aromatic nitrogens is 2. The summed E-state index contributed by atoms with van der Waals surface area (Å²) in [5.41, 5.74) is 0.403. The standard InChI is InChI=1S/C22H26N2O6S/c1-14-6-9-17(10-7-14)31(27,28)24-12-19(23-13-24)18-11-8-15(2)16(3)22(18,20(25)29-4)21(26)30-5/h6-10,12-13,16,18H,11H2,1-5H3/t16?,18-/m1/s1. The summed E-state index contributed by atoms with van der Waals surface area (Å²) >= 11 is 0. The van der Waals surface area contributed by atoms with Crippen molar-refractivity contribution in [3.05, 3.63) is 59.7 Å². The molecule has 1 heterocycles. The molecule has 2 aromatic rings. The summed E-state index contributed by atoms with van der Waals surface area (Å²) < 4.78 is 37.1. The second-order valence-electron chi connectivity index (χ2n) is 7.76. The van der Waals surface area contributed by atoms with E-state index in [2.05, 4.69) is 4.98 Å². The van der Waals surface area contributed by atoms with Crippen molar-refractivity contribution in [1.29, 1.82) is 0 Å². The van der Waals surface area contributed by atoms with Crippen LogP contribution in [-0.2, 0) is 29.1 Å². The predicted octanol–water partition coefficient (Wildman–Crippen LogP) is 2.83. The molecule has 1 aromatic carbocycles. The van der Waals surface area contributed by atoms with E-state index >= 15 is 0 Å². The Morgan fingerprint density at radius 1 is 1.10 bits per heavy atom. The zero-order chi connectivity index (χ0) is 23.0. The topological polar surface area (TPSA) is 105 Å². The van der Waals surface area contributed by atoms with Gasteiger partial charge in [-0.25, -0.2) is 17.4 Å². The molecule has 0 fully saturated rings. The summed E-state index contributed by atoms with van der Waals surface area (Å²) in [4.78, 5) is 30.4. The number of esters is 2. The highest BCUT2D eigenvalue weighted by molar-refractivity contribution is 7.90. The van der Waals surface area contributed by atoms with Gasteiger partial charge in [0.05, 0.1) is 24.8 Å². The lowest BCUT2D eigenvalue weighted by Gasteiger charge is -2.42. The summed E-state index contributed by atoms with van der Waals surface area (Å²) in [7, 11) is -1.45. The summed E-state index contributed by atoms with van der Waals surface area (Å²) in [6.07, 6.45) is 4.76. The van der Waals surface area contributed by atoms with Crippen LogP contribution < -0.4 is 0 Å². The van der Waals surface area contributed by atoms with Crippen LogP contribution in [-0.4, -0.2) is 43.5 Å². The number of methoxy groups -OCH3 is 2. The first-order valence-electron chi connectivity index (χ1n) is 9.80. The molecule has 0 N–H and O–H groups in total. The van der Waals surface area contributed by atoms with Gasteiger partial charge in [-0.1, -0.05) is 36.3 Å². The predicted molar refractivity (Wildman–Crippen MR) is 113 cm³/mol. The highest BCUT2D eigenvalue weighted by Crippen LogP contribution is 2.51. The van der Waals surface area contributed by atoms with Crippen LogP contribution in [0.3, 0.4) is 0 Å². The van der Waals surface area contributed by atoms with E-state index in [1.54, 1.807) is 19.1 Å². The van der Waals surface area contributed by atoms with E-state index in [0.29, 0.717) is 12.1 Å². The smallest absolute Gasteiger partial charge is 0.324 e. The normalized spacial score (nSPS) is 20.6. The number of ether oxygens (including phenoxy) is 2. The zero-order valence-corrected chi connectivity index (χ0v) is 19.0. The van der Waals surface area contributed by atoms with Crippen LogP contribution in [0.4, 0.5) is 0 Å². The minimum absolute atomic E-state index is 0.113. The maximum Gasteiger partial charge on any atom is 0.324 e. The molecular weight excluding hydrogens is 420 g/mol. The third-order valence-electron chi connectivity index (χ3n) is 6.17. The highest BCUT2D eigenvalue weighted by Gasteiger charge is 2.60. The lowest BCUT2D eigenvalue weighted by atomic mass is 9.59. The molecule has 1 unspecified atom stereocenters. The molecule has 0 bridgehead atoms. The van der Waals surface area contributed by atoms with E-state index < -0.39 is 39.2 Å². The minimum atomic E-state index is -3.88. The monoisotopic (exact) mass is 446 g/mol. The van der Waals surface area contributed by atoms with Gasteiger partial charge in [-0.15, -0.1) is 0 Å². The summed E-state index contributed by atoms with van der Waals surface area (Å²) in [6.45, 7) is 5.46. The Labute approximate surface area is 181 Å². The van der Waals surface area contributed by atoms with Crippen LogP contribution in [0.5, 0.6) is 0 Å². The molecule has 8 nitrogen and oxygen atoms in total. The number of carbonyl (C=O) groups is 2. The molecule has 2 atom stereocenters. The van der Waals surface area contributed by atoms with E-state index in [9.17, 15) is 18.0 Å². The third-order valence-corrected chi connectivity index (χ3v) is 7.79. The molecular formula is C22H26N2O6S. The number of rotatable bonds is 5. The van der Waals surface area contributed by atoms with Gasteiger partial charge in [0.2, 0.25) is 0 Å². The van der Waals surface area contributed by atoms with Crippen molar-refractivity contribution < 1.29 is 27.5 Å². The van der Waals surface area contributed by atoms with Gasteiger partial charge in [-0.3, -0.25) is 9.59 Å². The maximum absolute atomic E-state index is 13.0. The Hall–Kier alpha value is -2.94. The lowest BCUT2D eigenvalue weighted by Crippen LogP contribution is -2.52. The van der Waals surface area contributed by atoms with E-state index in [-0.39, 0.29) is 4.90 Å². The Morgan fingerprint density at radius 2 is 1.68 bits per heavy atom. The lowest BCUT2D eigenvalue weighted by molar-refractivity contribution is -0.175. The number of hydrogen-bond donors (Lipinski definition) is 0. The van der Waals surface area contributed by atoms with Crippen molar-refractivity contribution in [2.24, 2.45) is 11.3 Å². The molecule has 0 amide bonds. The van der Waals surface area contributed by atoms with Gasteiger partial charge in [0, 0.05) is 18.0 Å². The first-order valence-corrected chi connectivity index (χ1v) is 11.2. The SMILES string of the molecule is COC(=O)C1(C(=O)OC)C(C)C(C)=CC[C@@H]1c1cn(S(=O)(=O)c2ccc(C)cc2)cn1. The van der Waals surface area contributed by atoms with E-state index in [0.717, 1.165) is 15.1 Å². The second-order valence-corrected chi connectivity index (χ2v) is 9.60. The summed E-state index contributed by atoms with van der Waals surface area (Å²) in [5, 5.41) is 0. The molecule has 1 aliphatic carbocycles. The number of carbonyl (C=O) groups excluding carboxylic acids is 2. The van der Waals surface area contributed by atoms with Crippen molar-refractivity contribution >= 4 is 22.0 Å². The molecule has 166 valence electrons. The van der Waals surface area contributed by atoms with Crippen LogP contribution >= 0.6 is 0 Å². The molecule has 9 heteroatoms. The highest BCUT2D eigenvalue weighted by atomic mass is 32.2. The number of hydrogen-bond acceptors (Lipinski definition) is 7. The first-order chi connectivity index (χ1) is 14.6. The van der Waals surface area contributed by atoms with Crippen LogP contribution in [0.1, 0.15) is 37.4 Å².